The van der Waals surface area contributed by atoms with E-state index in [1.54, 1.807) is 4.90 Å². The SMILES string of the molecule is CC12CC(C(=O)O)(C1)C1(CN(C(=O)OCC3c4ccccc4-c4ccccc43)C1)O2. The van der Waals surface area contributed by atoms with E-state index < -0.39 is 23.1 Å². The molecular formula is C24H23NO5. The first-order valence-corrected chi connectivity index (χ1v) is 10.4. The van der Waals surface area contributed by atoms with Crippen LogP contribution in [-0.2, 0) is 14.3 Å². The molecule has 1 saturated carbocycles. The third-order valence-corrected chi connectivity index (χ3v) is 7.56. The molecule has 0 unspecified atom stereocenters. The molecule has 0 radical (unpaired) electrons. The molecule has 3 heterocycles. The minimum absolute atomic E-state index is 0.0106. The molecule has 4 fully saturated rings. The van der Waals surface area contributed by atoms with Crippen LogP contribution in [0.3, 0.4) is 0 Å². The first-order valence-electron chi connectivity index (χ1n) is 10.4. The van der Waals surface area contributed by atoms with Crippen LogP contribution in [0.4, 0.5) is 4.79 Å². The van der Waals surface area contributed by atoms with Crippen molar-refractivity contribution in [3.63, 3.8) is 0 Å². The Morgan fingerprint density at radius 2 is 1.63 bits per heavy atom. The number of carbonyl (C=O) groups excluding carboxylic acids is 1. The van der Waals surface area contributed by atoms with E-state index in [1.807, 2.05) is 31.2 Å². The summed E-state index contributed by atoms with van der Waals surface area (Å²) < 4.78 is 11.8. The number of aliphatic carboxylic acids is 1. The second-order valence-corrected chi connectivity index (χ2v) is 9.45. The number of nitrogens with zero attached hydrogens (tertiary/aromatic N) is 1. The quantitative estimate of drug-likeness (QED) is 0.844. The molecule has 1 amide bonds. The first kappa shape index (κ1) is 18.0. The summed E-state index contributed by atoms with van der Waals surface area (Å²) in [6.07, 6.45) is 0.641. The average molecular weight is 405 g/mol. The highest BCUT2D eigenvalue weighted by molar-refractivity contribution is 5.82. The van der Waals surface area contributed by atoms with Gasteiger partial charge in [0.25, 0.3) is 0 Å². The Morgan fingerprint density at radius 3 is 2.20 bits per heavy atom. The fourth-order valence-electron chi connectivity index (χ4n) is 6.29. The normalized spacial score (nSPS) is 29.7. The zero-order valence-electron chi connectivity index (χ0n) is 16.8. The van der Waals surface area contributed by atoms with E-state index in [9.17, 15) is 14.7 Å². The van der Waals surface area contributed by atoms with E-state index in [-0.39, 0.29) is 31.2 Å². The second kappa shape index (κ2) is 5.64. The molecule has 154 valence electrons. The van der Waals surface area contributed by atoms with Crippen LogP contribution in [0.25, 0.3) is 11.1 Å². The van der Waals surface area contributed by atoms with E-state index in [2.05, 4.69) is 24.3 Å². The molecule has 7 rings (SSSR count). The molecule has 0 aromatic heterocycles. The largest absolute Gasteiger partial charge is 0.481 e. The number of hydrogen-bond donors (Lipinski definition) is 1. The minimum Gasteiger partial charge on any atom is -0.481 e. The molecule has 2 aliphatic carbocycles. The zero-order valence-corrected chi connectivity index (χ0v) is 16.8. The summed E-state index contributed by atoms with van der Waals surface area (Å²) in [7, 11) is 0. The summed E-state index contributed by atoms with van der Waals surface area (Å²) in [4.78, 5) is 26.2. The molecule has 1 N–H and O–H groups in total. The van der Waals surface area contributed by atoms with Crippen LogP contribution in [0.15, 0.2) is 48.5 Å². The number of fused-ring (bicyclic) bond motifs is 3. The van der Waals surface area contributed by atoms with Crippen molar-refractivity contribution in [2.24, 2.45) is 5.41 Å². The molecule has 0 atom stereocenters. The molecule has 5 aliphatic rings. The van der Waals surface area contributed by atoms with Crippen molar-refractivity contribution in [1.82, 2.24) is 4.90 Å². The van der Waals surface area contributed by atoms with Gasteiger partial charge < -0.3 is 19.5 Å². The Balaban J connectivity index is 1.16. The predicted octanol–water partition coefficient (Wildman–Crippen LogP) is 3.64. The number of amides is 1. The summed E-state index contributed by atoms with van der Waals surface area (Å²) in [6.45, 7) is 2.79. The number of likely N-dealkylation sites (tertiary alicyclic amines) is 1. The van der Waals surface area contributed by atoms with Crippen molar-refractivity contribution in [3.8, 4) is 11.1 Å². The molecule has 1 spiro atoms. The highest BCUT2D eigenvalue weighted by Gasteiger charge is 2.80. The van der Waals surface area contributed by atoms with Gasteiger partial charge in [0.15, 0.2) is 0 Å². The van der Waals surface area contributed by atoms with Crippen molar-refractivity contribution in [3.05, 3.63) is 59.7 Å². The lowest BCUT2D eigenvalue weighted by atomic mass is 9.54. The smallest absolute Gasteiger partial charge is 0.409 e. The molecule has 3 saturated heterocycles. The number of rotatable bonds is 3. The summed E-state index contributed by atoms with van der Waals surface area (Å²) in [6, 6.07) is 16.4. The van der Waals surface area contributed by atoms with Crippen LogP contribution in [0.2, 0.25) is 0 Å². The summed E-state index contributed by atoms with van der Waals surface area (Å²) >= 11 is 0. The van der Waals surface area contributed by atoms with Crippen LogP contribution in [-0.4, -0.2) is 53.0 Å². The van der Waals surface area contributed by atoms with E-state index in [4.69, 9.17) is 9.47 Å². The highest BCUT2D eigenvalue weighted by atomic mass is 16.6. The van der Waals surface area contributed by atoms with Gasteiger partial charge in [-0.3, -0.25) is 4.79 Å². The maximum atomic E-state index is 12.7. The van der Waals surface area contributed by atoms with E-state index in [0.717, 1.165) is 0 Å². The fraction of sp³-hybridized carbons (Fsp3) is 0.417. The van der Waals surface area contributed by atoms with Crippen LogP contribution < -0.4 is 0 Å². The molecular weight excluding hydrogens is 382 g/mol. The van der Waals surface area contributed by atoms with Crippen molar-refractivity contribution < 1.29 is 24.2 Å². The van der Waals surface area contributed by atoms with Crippen molar-refractivity contribution >= 4 is 12.1 Å². The van der Waals surface area contributed by atoms with Gasteiger partial charge in [-0.2, -0.15) is 0 Å². The van der Waals surface area contributed by atoms with Crippen LogP contribution in [0, 0.1) is 5.41 Å². The van der Waals surface area contributed by atoms with Gasteiger partial charge in [-0.1, -0.05) is 48.5 Å². The molecule has 2 aromatic carbocycles. The monoisotopic (exact) mass is 405 g/mol. The van der Waals surface area contributed by atoms with Gasteiger partial charge in [-0.05, 0) is 42.0 Å². The number of ether oxygens (including phenoxy) is 2. The summed E-state index contributed by atoms with van der Waals surface area (Å²) in [5, 5.41) is 9.77. The Labute approximate surface area is 174 Å². The lowest BCUT2D eigenvalue weighted by molar-refractivity contribution is -0.171. The van der Waals surface area contributed by atoms with E-state index in [0.29, 0.717) is 12.8 Å². The maximum absolute atomic E-state index is 12.7. The molecule has 2 bridgehead atoms. The Morgan fingerprint density at radius 1 is 1.07 bits per heavy atom. The maximum Gasteiger partial charge on any atom is 0.409 e. The zero-order chi connectivity index (χ0) is 20.7. The highest BCUT2D eigenvalue weighted by Crippen LogP contribution is 2.68. The van der Waals surface area contributed by atoms with Crippen LogP contribution in [0.1, 0.15) is 36.8 Å². The predicted molar refractivity (Wildman–Crippen MR) is 108 cm³/mol. The number of carboxylic acid groups (broad SMARTS) is 1. The van der Waals surface area contributed by atoms with E-state index >= 15 is 0 Å². The number of carboxylic acids is 1. The molecule has 2 aromatic rings. The van der Waals surface area contributed by atoms with E-state index in [1.165, 1.54) is 22.3 Å². The number of hydrogen-bond acceptors (Lipinski definition) is 4. The number of carbonyl (C=O) groups is 2. The van der Waals surface area contributed by atoms with Gasteiger partial charge >= 0.3 is 12.1 Å². The molecule has 6 nitrogen and oxygen atoms in total. The van der Waals surface area contributed by atoms with Crippen molar-refractivity contribution in [2.45, 2.75) is 36.9 Å². The minimum atomic E-state index is -0.859. The van der Waals surface area contributed by atoms with Crippen molar-refractivity contribution in [1.29, 1.82) is 0 Å². The van der Waals surface area contributed by atoms with Gasteiger partial charge in [0.2, 0.25) is 0 Å². The standard InChI is InChI=1S/C24H23NO5/c1-22-11-23(12-22,20(26)27)24(30-22)13-25(14-24)21(28)29-10-19-17-8-4-2-6-15(17)16-7-3-5-9-18(16)19/h2-9,19H,10-14H2,1H3,(H,26,27). The summed E-state index contributed by atoms with van der Waals surface area (Å²) in [5.74, 6) is -0.805. The average Bonchev–Trinajstić information content (AvgIpc) is 3.25. The lowest BCUT2D eigenvalue weighted by Crippen LogP contribution is -2.70. The fourth-order valence-corrected chi connectivity index (χ4v) is 6.29. The summed E-state index contributed by atoms with van der Waals surface area (Å²) in [5.41, 5.74) is 2.72. The topological polar surface area (TPSA) is 76.1 Å². The van der Waals surface area contributed by atoms with Gasteiger partial charge in [0.1, 0.15) is 17.6 Å². The first-order chi connectivity index (χ1) is 14.4. The van der Waals surface area contributed by atoms with Crippen molar-refractivity contribution in [2.75, 3.05) is 19.7 Å². The van der Waals surface area contributed by atoms with Gasteiger partial charge in [0, 0.05) is 5.92 Å². The Kier molecular flexibility index (Phi) is 3.37. The van der Waals surface area contributed by atoms with Crippen LogP contribution >= 0.6 is 0 Å². The lowest BCUT2D eigenvalue weighted by Gasteiger charge is -2.52. The van der Waals surface area contributed by atoms with Gasteiger partial charge in [0.05, 0.1) is 18.7 Å². The molecule has 30 heavy (non-hydrogen) atoms. The Hall–Kier alpha value is -2.86. The number of benzene rings is 2. The molecule has 3 aliphatic heterocycles. The third-order valence-electron chi connectivity index (χ3n) is 7.56. The second-order valence-electron chi connectivity index (χ2n) is 9.45. The Bertz CT molecular complexity index is 1040. The molecule has 6 heteroatoms. The van der Waals surface area contributed by atoms with Gasteiger partial charge in [-0.25, -0.2) is 4.79 Å². The third kappa shape index (κ3) is 2.12. The van der Waals surface area contributed by atoms with Gasteiger partial charge in [-0.15, -0.1) is 0 Å². The van der Waals surface area contributed by atoms with Crippen LogP contribution in [0.5, 0.6) is 0 Å².